The molecule has 0 unspecified atom stereocenters. The molecule has 0 amide bonds. The van der Waals surface area contributed by atoms with Crippen molar-refractivity contribution in [2.24, 2.45) is 10.4 Å². The molecule has 1 aliphatic heterocycles. The van der Waals surface area contributed by atoms with E-state index in [1.54, 1.807) is 14.2 Å². The van der Waals surface area contributed by atoms with Gasteiger partial charge in [0, 0.05) is 32.2 Å². The summed E-state index contributed by atoms with van der Waals surface area (Å²) < 4.78 is 10.9. The molecule has 1 N–H and O–H groups in total. The molecule has 0 aromatic heterocycles. The molecule has 1 aromatic carbocycles. The van der Waals surface area contributed by atoms with Crippen LogP contribution < -0.4 is 14.8 Å². The van der Waals surface area contributed by atoms with Crippen molar-refractivity contribution in [3.63, 3.8) is 0 Å². The van der Waals surface area contributed by atoms with E-state index in [1.165, 1.54) is 38.5 Å². The molecule has 1 saturated carbocycles. The highest BCUT2D eigenvalue weighted by molar-refractivity contribution is 5.80. The highest BCUT2D eigenvalue weighted by Crippen LogP contribution is 2.43. The fourth-order valence-corrected chi connectivity index (χ4v) is 4.43. The Kier molecular flexibility index (Phi) is 5.71. The van der Waals surface area contributed by atoms with E-state index in [0.29, 0.717) is 12.0 Å². The zero-order valence-corrected chi connectivity index (χ0v) is 15.8. The molecule has 1 saturated heterocycles. The van der Waals surface area contributed by atoms with Crippen molar-refractivity contribution < 1.29 is 9.47 Å². The molecule has 1 aliphatic carbocycles. The van der Waals surface area contributed by atoms with Gasteiger partial charge in [-0.1, -0.05) is 31.4 Å². The molecule has 0 bridgehead atoms. The first-order valence-electron chi connectivity index (χ1n) is 9.37. The summed E-state index contributed by atoms with van der Waals surface area (Å²) in [5.74, 6) is 2.55. The fourth-order valence-electron chi connectivity index (χ4n) is 4.43. The predicted octanol–water partition coefficient (Wildman–Crippen LogP) is 3.44. The number of nitrogens with zero attached hydrogens (tertiary/aromatic N) is 2. The van der Waals surface area contributed by atoms with Crippen LogP contribution in [0.25, 0.3) is 0 Å². The van der Waals surface area contributed by atoms with Gasteiger partial charge in [-0.3, -0.25) is 4.99 Å². The van der Waals surface area contributed by atoms with Crippen LogP contribution in [-0.2, 0) is 6.54 Å². The number of hydrogen-bond donors (Lipinski definition) is 1. The number of rotatable bonds is 4. The van der Waals surface area contributed by atoms with Crippen LogP contribution >= 0.6 is 0 Å². The second-order valence-corrected chi connectivity index (χ2v) is 7.29. The molecular formula is C20H31N3O2. The van der Waals surface area contributed by atoms with Gasteiger partial charge in [0.15, 0.2) is 17.5 Å². The lowest BCUT2D eigenvalue weighted by atomic mass is 9.73. The number of aliphatic imine (C=N–C) groups is 1. The summed E-state index contributed by atoms with van der Waals surface area (Å²) in [6.45, 7) is 2.92. The first-order chi connectivity index (χ1) is 12.2. The first-order valence-corrected chi connectivity index (χ1v) is 9.37. The van der Waals surface area contributed by atoms with Crippen molar-refractivity contribution in [2.45, 2.75) is 45.1 Å². The molecule has 2 fully saturated rings. The van der Waals surface area contributed by atoms with Crippen LogP contribution in [-0.4, -0.2) is 45.2 Å². The molecule has 0 atom stereocenters. The van der Waals surface area contributed by atoms with Gasteiger partial charge in [0.2, 0.25) is 0 Å². The Morgan fingerprint density at radius 3 is 2.64 bits per heavy atom. The summed E-state index contributed by atoms with van der Waals surface area (Å²) in [5, 5.41) is 3.52. The minimum atomic E-state index is 0.531. The average Bonchev–Trinajstić information content (AvgIpc) is 3.05. The Bertz CT molecular complexity index is 609. The third-order valence-electron chi connectivity index (χ3n) is 5.79. The molecule has 25 heavy (non-hydrogen) atoms. The maximum atomic E-state index is 5.53. The largest absolute Gasteiger partial charge is 0.493 e. The number of likely N-dealkylation sites (tertiary alicyclic amines) is 1. The summed E-state index contributed by atoms with van der Waals surface area (Å²) >= 11 is 0. The number of methoxy groups -OCH3 is 2. The van der Waals surface area contributed by atoms with Gasteiger partial charge in [-0.2, -0.15) is 0 Å². The molecule has 5 heteroatoms. The van der Waals surface area contributed by atoms with E-state index in [9.17, 15) is 0 Å². The SMILES string of the molecule is CN=C(NCc1cccc(OC)c1OC)N1CCC2(CCCCC2)C1. The monoisotopic (exact) mass is 345 g/mol. The smallest absolute Gasteiger partial charge is 0.193 e. The Balaban J connectivity index is 1.64. The number of ether oxygens (including phenoxy) is 2. The maximum Gasteiger partial charge on any atom is 0.193 e. The second-order valence-electron chi connectivity index (χ2n) is 7.29. The quantitative estimate of drug-likeness (QED) is 0.671. The molecule has 1 aromatic rings. The fraction of sp³-hybridized carbons (Fsp3) is 0.650. The predicted molar refractivity (Wildman–Crippen MR) is 101 cm³/mol. The van der Waals surface area contributed by atoms with E-state index in [-0.39, 0.29) is 0 Å². The third-order valence-corrected chi connectivity index (χ3v) is 5.79. The Hall–Kier alpha value is -1.91. The standard InChI is InChI=1S/C20H31N3O2/c1-21-19(23-13-12-20(15-23)10-5-4-6-11-20)22-14-16-8-7-9-17(24-2)18(16)25-3/h7-9H,4-6,10-15H2,1-3H3,(H,21,22). The van der Waals surface area contributed by atoms with Crippen LogP contribution in [0.3, 0.4) is 0 Å². The van der Waals surface area contributed by atoms with E-state index >= 15 is 0 Å². The molecule has 138 valence electrons. The highest BCUT2D eigenvalue weighted by atomic mass is 16.5. The number of nitrogens with one attached hydrogen (secondary N) is 1. The number of benzene rings is 1. The molecule has 0 radical (unpaired) electrons. The van der Waals surface area contributed by atoms with Crippen LogP contribution in [0.15, 0.2) is 23.2 Å². The van der Waals surface area contributed by atoms with Gasteiger partial charge in [-0.15, -0.1) is 0 Å². The molecule has 1 heterocycles. The minimum Gasteiger partial charge on any atom is -0.493 e. The van der Waals surface area contributed by atoms with Gasteiger partial charge in [0.05, 0.1) is 14.2 Å². The first kappa shape index (κ1) is 17.9. The summed E-state index contributed by atoms with van der Waals surface area (Å²) in [4.78, 5) is 6.95. The van der Waals surface area contributed by atoms with E-state index in [4.69, 9.17) is 9.47 Å². The Labute approximate surface area is 151 Å². The molecule has 3 rings (SSSR count). The van der Waals surface area contributed by atoms with Gasteiger partial charge in [-0.05, 0) is 30.7 Å². The van der Waals surface area contributed by atoms with Gasteiger partial charge in [0.1, 0.15) is 0 Å². The van der Waals surface area contributed by atoms with Crippen LogP contribution in [0.1, 0.15) is 44.1 Å². The number of hydrogen-bond acceptors (Lipinski definition) is 3. The van der Waals surface area contributed by atoms with E-state index < -0.39 is 0 Å². The lowest BCUT2D eigenvalue weighted by Crippen LogP contribution is -2.41. The Morgan fingerprint density at radius 1 is 1.16 bits per heavy atom. The van der Waals surface area contributed by atoms with Gasteiger partial charge >= 0.3 is 0 Å². The topological polar surface area (TPSA) is 46.1 Å². The van der Waals surface area contributed by atoms with Gasteiger partial charge < -0.3 is 19.7 Å². The molecule has 5 nitrogen and oxygen atoms in total. The normalized spacial score (nSPS) is 20.0. The van der Waals surface area contributed by atoms with Crippen LogP contribution in [0.4, 0.5) is 0 Å². The lowest BCUT2D eigenvalue weighted by molar-refractivity contribution is 0.203. The van der Waals surface area contributed by atoms with Gasteiger partial charge in [-0.25, -0.2) is 0 Å². The van der Waals surface area contributed by atoms with E-state index in [1.807, 2.05) is 19.2 Å². The van der Waals surface area contributed by atoms with Crippen LogP contribution in [0, 0.1) is 5.41 Å². The van der Waals surface area contributed by atoms with Crippen molar-refractivity contribution in [1.82, 2.24) is 10.2 Å². The molecule has 2 aliphatic rings. The summed E-state index contributed by atoms with van der Waals surface area (Å²) in [6, 6.07) is 5.98. The number of guanidine groups is 1. The zero-order chi connectivity index (χ0) is 17.7. The van der Waals surface area contributed by atoms with Crippen molar-refractivity contribution >= 4 is 5.96 Å². The van der Waals surface area contributed by atoms with Crippen molar-refractivity contribution in [3.05, 3.63) is 23.8 Å². The van der Waals surface area contributed by atoms with E-state index in [0.717, 1.165) is 36.1 Å². The van der Waals surface area contributed by atoms with E-state index in [2.05, 4.69) is 21.3 Å². The summed E-state index contributed by atoms with van der Waals surface area (Å²) in [7, 11) is 5.22. The van der Waals surface area contributed by atoms with Crippen molar-refractivity contribution in [2.75, 3.05) is 34.4 Å². The third kappa shape index (κ3) is 3.86. The highest BCUT2D eigenvalue weighted by Gasteiger charge is 2.39. The van der Waals surface area contributed by atoms with Crippen LogP contribution in [0.5, 0.6) is 11.5 Å². The summed E-state index contributed by atoms with van der Waals surface area (Å²) in [5.41, 5.74) is 1.61. The number of para-hydroxylation sites is 1. The lowest BCUT2D eigenvalue weighted by Gasteiger charge is -2.33. The van der Waals surface area contributed by atoms with Crippen molar-refractivity contribution in [3.8, 4) is 11.5 Å². The minimum absolute atomic E-state index is 0.531. The Morgan fingerprint density at radius 2 is 1.96 bits per heavy atom. The van der Waals surface area contributed by atoms with Crippen molar-refractivity contribution in [1.29, 1.82) is 0 Å². The summed E-state index contributed by atoms with van der Waals surface area (Å²) in [6.07, 6.45) is 8.25. The maximum absolute atomic E-state index is 5.53. The second kappa shape index (κ2) is 7.98. The molecular weight excluding hydrogens is 314 g/mol. The average molecular weight is 345 g/mol. The zero-order valence-electron chi connectivity index (χ0n) is 15.8. The van der Waals surface area contributed by atoms with Gasteiger partial charge in [0.25, 0.3) is 0 Å². The van der Waals surface area contributed by atoms with Crippen LogP contribution in [0.2, 0.25) is 0 Å². The molecule has 1 spiro atoms.